The lowest BCUT2D eigenvalue weighted by Gasteiger charge is -1.90. The van der Waals surface area contributed by atoms with Crippen LogP contribution in [-0.2, 0) is 13.5 Å². The van der Waals surface area contributed by atoms with Crippen molar-refractivity contribution in [2.45, 2.75) is 6.42 Å². The van der Waals surface area contributed by atoms with Crippen LogP contribution in [0.2, 0.25) is 0 Å². The van der Waals surface area contributed by atoms with Crippen molar-refractivity contribution in [2.75, 3.05) is 0 Å². The van der Waals surface area contributed by atoms with E-state index in [0.717, 1.165) is 5.69 Å². The quantitative estimate of drug-likeness (QED) is 0.408. The first-order valence-corrected chi connectivity index (χ1v) is 3.15. The average molecular weight is 260 g/mol. The second-order valence-electron chi connectivity index (χ2n) is 2.14. The number of rotatable bonds is 1. The highest BCUT2D eigenvalue weighted by molar-refractivity contribution is 5.01. The van der Waals surface area contributed by atoms with Crippen molar-refractivity contribution in [1.82, 2.24) is 0 Å². The summed E-state index contributed by atoms with van der Waals surface area (Å²) in [6.07, 6.45) is 2.42. The van der Waals surface area contributed by atoms with Gasteiger partial charge in [-0.2, -0.15) is 5.26 Å². The predicted molar refractivity (Wildman–Crippen MR) is 36.9 cm³/mol. The number of aromatic nitrogens is 1. The minimum atomic E-state index is 0. The van der Waals surface area contributed by atoms with Crippen LogP contribution < -0.4 is 28.5 Å². The summed E-state index contributed by atoms with van der Waals surface area (Å²) in [4.78, 5) is 0. The smallest absolute Gasteiger partial charge is 0.195 e. The van der Waals surface area contributed by atoms with Crippen LogP contribution in [0.25, 0.3) is 0 Å². The molecule has 1 rings (SSSR count). The molecule has 0 spiro atoms. The summed E-state index contributed by atoms with van der Waals surface area (Å²) in [6, 6.07) is 7.93. The van der Waals surface area contributed by atoms with E-state index in [-0.39, 0.29) is 24.0 Å². The van der Waals surface area contributed by atoms with Gasteiger partial charge in [-0.05, 0) is 0 Å². The Morgan fingerprint density at radius 1 is 1.55 bits per heavy atom. The van der Waals surface area contributed by atoms with Gasteiger partial charge in [0.05, 0.1) is 6.07 Å². The fourth-order valence-corrected chi connectivity index (χ4v) is 0.823. The highest BCUT2D eigenvalue weighted by Crippen LogP contribution is 1.89. The molecule has 0 fully saturated rings. The maximum atomic E-state index is 8.38. The molecule has 3 heteroatoms. The van der Waals surface area contributed by atoms with Gasteiger partial charge >= 0.3 is 0 Å². The predicted octanol–water partition coefficient (Wildman–Crippen LogP) is -2.42. The van der Waals surface area contributed by atoms with Gasteiger partial charge in [0.15, 0.2) is 11.9 Å². The summed E-state index contributed by atoms with van der Waals surface area (Å²) < 4.78 is 1.95. The van der Waals surface area contributed by atoms with E-state index in [4.69, 9.17) is 5.26 Å². The summed E-state index contributed by atoms with van der Waals surface area (Å²) in [6.45, 7) is 0. The average Bonchev–Trinajstić information content (AvgIpc) is 1.94. The molecular weight excluding hydrogens is 251 g/mol. The third kappa shape index (κ3) is 2.85. The van der Waals surface area contributed by atoms with Crippen molar-refractivity contribution in [3.63, 3.8) is 0 Å². The van der Waals surface area contributed by atoms with E-state index in [1.54, 1.807) is 0 Å². The fraction of sp³-hybridized carbons (Fsp3) is 0.250. The molecule has 58 valence electrons. The van der Waals surface area contributed by atoms with Gasteiger partial charge in [0.1, 0.15) is 13.5 Å². The van der Waals surface area contributed by atoms with Gasteiger partial charge in [-0.1, -0.05) is 6.07 Å². The van der Waals surface area contributed by atoms with E-state index < -0.39 is 0 Å². The zero-order valence-electron chi connectivity index (χ0n) is 6.29. The highest BCUT2D eigenvalue weighted by atomic mass is 127. The van der Waals surface area contributed by atoms with E-state index in [1.165, 1.54) is 0 Å². The van der Waals surface area contributed by atoms with Crippen LogP contribution in [0.4, 0.5) is 0 Å². The van der Waals surface area contributed by atoms with Gasteiger partial charge in [0.25, 0.3) is 0 Å². The first-order valence-electron chi connectivity index (χ1n) is 3.15. The second-order valence-corrected chi connectivity index (χ2v) is 2.14. The molecular formula is C8H9IN2. The minimum absolute atomic E-state index is 0. The maximum absolute atomic E-state index is 8.38. The lowest BCUT2D eigenvalue weighted by Crippen LogP contribution is -3.00. The first-order chi connectivity index (χ1) is 4.84. The molecule has 0 aromatic carbocycles. The minimum Gasteiger partial charge on any atom is -1.00 e. The number of nitrogens with zero attached hydrogens (tertiary/aromatic N) is 2. The monoisotopic (exact) mass is 260 g/mol. The molecule has 0 unspecified atom stereocenters. The fourth-order valence-electron chi connectivity index (χ4n) is 0.823. The lowest BCUT2D eigenvalue weighted by molar-refractivity contribution is -0.678. The van der Waals surface area contributed by atoms with Gasteiger partial charge in [-0.3, -0.25) is 0 Å². The summed E-state index contributed by atoms with van der Waals surface area (Å²) in [7, 11) is 1.94. The molecule has 0 saturated carbocycles. The molecule has 1 heterocycles. The van der Waals surface area contributed by atoms with Crippen molar-refractivity contribution >= 4 is 0 Å². The van der Waals surface area contributed by atoms with Crippen LogP contribution in [0.1, 0.15) is 5.69 Å². The van der Waals surface area contributed by atoms with E-state index in [9.17, 15) is 0 Å². The summed E-state index contributed by atoms with van der Waals surface area (Å²) in [5.74, 6) is 0. The molecule has 0 amide bonds. The molecule has 11 heavy (non-hydrogen) atoms. The van der Waals surface area contributed by atoms with Crippen molar-refractivity contribution in [2.24, 2.45) is 7.05 Å². The van der Waals surface area contributed by atoms with Crippen LogP contribution in [0.15, 0.2) is 24.4 Å². The molecule has 0 aliphatic rings. The zero-order chi connectivity index (χ0) is 7.40. The maximum Gasteiger partial charge on any atom is 0.195 e. The van der Waals surface area contributed by atoms with Gasteiger partial charge in [0, 0.05) is 12.1 Å². The van der Waals surface area contributed by atoms with Crippen LogP contribution in [0, 0.1) is 11.3 Å². The Morgan fingerprint density at radius 3 is 2.82 bits per heavy atom. The Balaban J connectivity index is 0.000001000. The standard InChI is InChI=1S/C8H9N2.HI/c1-10-7-3-2-4-8(10)5-6-9;/h2-4,7H,5H2,1H3;1H/q+1;/p-1. The van der Waals surface area contributed by atoms with Crippen molar-refractivity contribution < 1.29 is 28.5 Å². The van der Waals surface area contributed by atoms with E-state index >= 15 is 0 Å². The van der Waals surface area contributed by atoms with Crippen LogP contribution >= 0.6 is 0 Å². The molecule has 0 bridgehead atoms. The Labute approximate surface area is 83.5 Å². The normalized spacial score (nSPS) is 8.00. The molecule has 1 aromatic heterocycles. The number of aryl methyl sites for hydroxylation is 1. The molecule has 1 aromatic rings. The van der Waals surface area contributed by atoms with Crippen molar-refractivity contribution in [3.05, 3.63) is 30.1 Å². The van der Waals surface area contributed by atoms with E-state index in [1.807, 2.05) is 36.0 Å². The molecule has 2 nitrogen and oxygen atoms in total. The van der Waals surface area contributed by atoms with Crippen LogP contribution in [-0.4, -0.2) is 0 Å². The van der Waals surface area contributed by atoms with Crippen LogP contribution in [0.3, 0.4) is 0 Å². The Morgan fingerprint density at radius 2 is 2.27 bits per heavy atom. The molecule has 0 atom stereocenters. The zero-order valence-corrected chi connectivity index (χ0v) is 8.45. The Hall–Kier alpha value is -0.630. The SMILES string of the molecule is C[n+]1ccccc1CC#N.[I-]. The first kappa shape index (κ1) is 10.4. The van der Waals surface area contributed by atoms with Crippen LogP contribution in [0.5, 0.6) is 0 Å². The topological polar surface area (TPSA) is 27.7 Å². The van der Waals surface area contributed by atoms with Crippen molar-refractivity contribution in [3.8, 4) is 6.07 Å². The molecule has 0 saturated heterocycles. The molecule has 0 N–H and O–H groups in total. The van der Waals surface area contributed by atoms with E-state index in [2.05, 4.69) is 6.07 Å². The number of pyridine rings is 1. The van der Waals surface area contributed by atoms with Gasteiger partial charge in [-0.15, -0.1) is 0 Å². The lowest BCUT2D eigenvalue weighted by atomic mass is 10.3. The molecule has 0 aliphatic heterocycles. The van der Waals surface area contributed by atoms with Gasteiger partial charge in [0.2, 0.25) is 0 Å². The number of nitriles is 1. The van der Waals surface area contributed by atoms with Gasteiger partial charge < -0.3 is 24.0 Å². The highest BCUT2D eigenvalue weighted by Gasteiger charge is 2.00. The number of hydrogen-bond donors (Lipinski definition) is 0. The summed E-state index contributed by atoms with van der Waals surface area (Å²) in [5, 5.41) is 8.38. The van der Waals surface area contributed by atoms with Gasteiger partial charge in [-0.25, -0.2) is 4.57 Å². The summed E-state index contributed by atoms with van der Waals surface area (Å²) in [5.41, 5.74) is 1.05. The molecule has 0 radical (unpaired) electrons. The van der Waals surface area contributed by atoms with Crippen molar-refractivity contribution in [1.29, 1.82) is 5.26 Å². The Bertz CT molecular complexity index is 265. The number of halogens is 1. The third-order valence-corrected chi connectivity index (χ3v) is 1.42. The second kappa shape index (κ2) is 5.08. The third-order valence-electron chi connectivity index (χ3n) is 1.42. The number of hydrogen-bond acceptors (Lipinski definition) is 1. The summed E-state index contributed by atoms with van der Waals surface area (Å²) >= 11 is 0. The Kier molecular flexibility index (Phi) is 4.79. The molecule has 0 aliphatic carbocycles. The largest absolute Gasteiger partial charge is 1.00 e. The van der Waals surface area contributed by atoms with E-state index in [0.29, 0.717) is 6.42 Å².